The summed E-state index contributed by atoms with van der Waals surface area (Å²) < 4.78 is 0. The van der Waals surface area contributed by atoms with E-state index in [1.807, 2.05) is 61.5 Å². The Labute approximate surface area is 135 Å². The van der Waals surface area contributed by atoms with Crippen LogP contribution < -0.4 is 10.6 Å². The lowest BCUT2D eigenvalue weighted by atomic mass is 10.1. The number of nitrogens with one attached hydrogen (secondary N) is 2. The van der Waals surface area contributed by atoms with Crippen LogP contribution in [0.25, 0.3) is 0 Å². The Morgan fingerprint density at radius 3 is 2.43 bits per heavy atom. The highest BCUT2D eigenvalue weighted by Crippen LogP contribution is 2.20. The van der Waals surface area contributed by atoms with E-state index in [0.717, 1.165) is 16.9 Å². The van der Waals surface area contributed by atoms with Gasteiger partial charge in [-0.05, 0) is 42.8 Å². The summed E-state index contributed by atoms with van der Waals surface area (Å²) in [6, 6.07) is 20.8. The number of amides is 1. The van der Waals surface area contributed by atoms with Crippen LogP contribution in [0.5, 0.6) is 0 Å². The number of hydrogen-bond donors (Lipinski definition) is 2. The highest BCUT2D eigenvalue weighted by atomic mass is 16.1. The topological polar surface area (TPSA) is 54.0 Å². The van der Waals surface area contributed by atoms with E-state index in [2.05, 4.69) is 15.6 Å². The van der Waals surface area contributed by atoms with Crippen LogP contribution in [0.2, 0.25) is 0 Å². The largest absolute Gasteiger partial charge is 0.340 e. The Morgan fingerprint density at radius 1 is 0.913 bits per heavy atom. The highest BCUT2D eigenvalue weighted by Gasteiger charge is 2.13. The Kier molecular flexibility index (Phi) is 4.34. The molecule has 0 fully saturated rings. The maximum atomic E-state index is 12.6. The lowest BCUT2D eigenvalue weighted by Crippen LogP contribution is -2.15. The van der Waals surface area contributed by atoms with E-state index in [1.54, 1.807) is 18.3 Å². The minimum atomic E-state index is -0.189. The molecule has 0 spiro atoms. The molecule has 1 aromatic heterocycles. The highest BCUT2D eigenvalue weighted by molar-refractivity contribution is 6.08. The van der Waals surface area contributed by atoms with Crippen molar-refractivity contribution >= 4 is 23.1 Å². The van der Waals surface area contributed by atoms with Gasteiger partial charge in [0.25, 0.3) is 5.91 Å². The van der Waals surface area contributed by atoms with Crippen LogP contribution in [0.1, 0.15) is 15.9 Å². The van der Waals surface area contributed by atoms with Crippen LogP contribution in [0.4, 0.5) is 17.2 Å². The first-order valence-electron chi connectivity index (χ1n) is 7.38. The minimum absolute atomic E-state index is 0.189. The van der Waals surface area contributed by atoms with Crippen molar-refractivity contribution < 1.29 is 4.79 Å². The summed E-state index contributed by atoms with van der Waals surface area (Å²) in [7, 11) is 0. The summed E-state index contributed by atoms with van der Waals surface area (Å²) in [5.74, 6) is 0.343. The second kappa shape index (κ2) is 6.75. The Balaban J connectivity index is 1.85. The monoisotopic (exact) mass is 303 g/mol. The fraction of sp³-hybridized carbons (Fsp3) is 0.0526. The zero-order valence-corrected chi connectivity index (χ0v) is 12.8. The number of benzene rings is 2. The van der Waals surface area contributed by atoms with Gasteiger partial charge in [-0.1, -0.05) is 36.4 Å². The smallest absolute Gasteiger partial charge is 0.259 e. The van der Waals surface area contributed by atoms with Gasteiger partial charge in [0.15, 0.2) is 0 Å². The van der Waals surface area contributed by atoms with Gasteiger partial charge in [-0.25, -0.2) is 4.98 Å². The van der Waals surface area contributed by atoms with Crippen LogP contribution in [0.3, 0.4) is 0 Å². The van der Waals surface area contributed by atoms with E-state index < -0.39 is 0 Å². The van der Waals surface area contributed by atoms with Crippen molar-refractivity contribution in [3.8, 4) is 0 Å². The summed E-state index contributed by atoms with van der Waals surface area (Å²) in [5.41, 5.74) is 3.20. The molecule has 2 N–H and O–H groups in total. The van der Waals surface area contributed by atoms with Crippen molar-refractivity contribution in [2.75, 3.05) is 10.6 Å². The van der Waals surface area contributed by atoms with Crippen molar-refractivity contribution in [3.63, 3.8) is 0 Å². The van der Waals surface area contributed by atoms with Crippen molar-refractivity contribution in [2.45, 2.75) is 6.92 Å². The van der Waals surface area contributed by atoms with E-state index in [-0.39, 0.29) is 5.91 Å². The third kappa shape index (κ3) is 3.55. The molecule has 2 aromatic carbocycles. The summed E-state index contributed by atoms with van der Waals surface area (Å²) in [4.78, 5) is 16.9. The maximum absolute atomic E-state index is 12.6. The van der Waals surface area contributed by atoms with Crippen LogP contribution in [0, 0.1) is 6.92 Å². The molecule has 4 nitrogen and oxygen atoms in total. The Bertz CT molecular complexity index is 816. The van der Waals surface area contributed by atoms with Gasteiger partial charge in [-0.2, -0.15) is 0 Å². The lowest BCUT2D eigenvalue weighted by molar-refractivity contribution is 0.102. The molecule has 0 saturated heterocycles. The zero-order valence-electron chi connectivity index (χ0n) is 12.8. The van der Waals surface area contributed by atoms with E-state index >= 15 is 0 Å². The standard InChI is InChI=1S/C19H17N3O/c1-14-8-5-6-12-17(14)22-19(23)16-11-7-13-20-18(16)21-15-9-3-2-4-10-15/h2-13H,1H3,(H,20,21)(H,22,23). The normalized spacial score (nSPS) is 10.1. The lowest BCUT2D eigenvalue weighted by Gasteiger charge is -2.12. The Morgan fingerprint density at radius 2 is 1.65 bits per heavy atom. The molecule has 0 unspecified atom stereocenters. The molecule has 0 radical (unpaired) electrons. The predicted molar refractivity (Wildman–Crippen MR) is 93.1 cm³/mol. The van der Waals surface area contributed by atoms with E-state index in [4.69, 9.17) is 0 Å². The average Bonchev–Trinajstić information content (AvgIpc) is 2.58. The molecule has 114 valence electrons. The number of para-hydroxylation sites is 2. The number of carbonyl (C=O) groups is 1. The Hall–Kier alpha value is -3.14. The third-order valence-electron chi connectivity index (χ3n) is 3.48. The number of nitrogens with zero attached hydrogens (tertiary/aromatic N) is 1. The van der Waals surface area contributed by atoms with E-state index in [9.17, 15) is 4.79 Å². The van der Waals surface area contributed by atoms with Gasteiger partial charge >= 0.3 is 0 Å². The van der Waals surface area contributed by atoms with Crippen LogP contribution in [0.15, 0.2) is 72.9 Å². The molecule has 1 amide bonds. The molecular weight excluding hydrogens is 286 g/mol. The van der Waals surface area contributed by atoms with Gasteiger partial charge < -0.3 is 10.6 Å². The molecule has 0 atom stereocenters. The van der Waals surface area contributed by atoms with Crippen molar-refractivity contribution in [1.29, 1.82) is 0 Å². The molecule has 0 bridgehead atoms. The maximum Gasteiger partial charge on any atom is 0.259 e. The van der Waals surface area contributed by atoms with Crippen molar-refractivity contribution in [3.05, 3.63) is 84.1 Å². The first-order valence-corrected chi connectivity index (χ1v) is 7.38. The van der Waals surface area contributed by atoms with Gasteiger partial charge in [-0.15, -0.1) is 0 Å². The number of aromatic nitrogens is 1. The van der Waals surface area contributed by atoms with Gasteiger partial charge in [0.05, 0.1) is 5.56 Å². The number of anilines is 3. The predicted octanol–water partition coefficient (Wildman–Crippen LogP) is 4.39. The fourth-order valence-corrected chi connectivity index (χ4v) is 2.25. The summed E-state index contributed by atoms with van der Waals surface area (Å²) in [5, 5.41) is 6.12. The molecule has 3 aromatic rings. The summed E-state index contributed by atoms with van der Waals surface area (Å²) in [6.07, 6.45) is 1.66. The average molecular weight is 303 g/mol. The van der Waals surface area contributed by atoms with Gasteiger partial charge in [-0.3, -0.25) is 4.79 Å². The molecule has 0 aliphatic heterocycles. The van der Waals surface area contributed by atoms with E-state index in [1.165, 1.54) is 0 Å². The number of hydrogen-bond acceptors (Lipinski definition) is 3. The van der Waals surface area contributed by atoms with Gasteiger partial charge in [0, 0.05) is 17.6 Å². The molecule has 4 heteroatoms. The van der Waals surface area contributed by atoms with Gasteiger partial charge in [0.2, 0.25) is 0 Å². The van der Waals surface area contributed by atoms with Crippen molar-refractivity contribution in [1.82, 2.24) is 4.98 Å². The molecule has 3 rings (SSSR count). The quantitative estimate of drug-likeness (QED) is 0.751. The SMILES string of the molecule is Cc1ccccc1NC(=O)c1cccnc1Nc1ccccc1. The zero-order chi connectivity index (χ0) is 16.1. The molecule has 1 heterocycles. The first kappa shape index (κ1) is 14.8. The van der Waals surface area contributed by atoms with Crippen LogP contribution >= 0.6 is 0 Å². The summed E-state index contributed by atoms with van der Waals surface area (Å²) in [6.45, 7) is 1.96. The summed E-state index contributed by atoms with van der Waals surface area (Å²) >= 11 is 0. The number of rotatable bonds is 4. The molecule has 0 aliphatic carbocycles. The minimum Gasteiger partial charge on any atom is -0.340 e. The third-order valence-corrected chi connectivity index (χ3v) is 3.48. The second-order valence-corrected chi connectivity index (χ2v) is 5.16. The number of aryl methyl sites for hydroxylation is 1. The first-order chi connectivity index (χ1) is 11.2. The second-order valence-electron chi connectivity index (χ2n) is 5.16. The number of pyridine rings is 1. The number of carbonyl (C=O) groups excluding carboxylic acids is 1. The van der Waals surface area contributed by atoms with Gasteiger partial charge in [0.1, 0.15) is 5.82 Å². The van der Waals surface area contributed by atoms with E-state index in [0.29, 0.717) is 11.4 Å². The molecule has 23 heavy (non-hydrogen) atoms. The van der Waals surface area contributed by atoms with Crippen molar-refractivity contribution in [2.24, 2.45) is 0 Å². The molecule has 0 saturated carbocycles. The van der Waals surface area contributed by atoms with Crippen LogP contribution in [-0.2, 0) is 0 Å². The molecule has 0 aliphatic rings. The fourth-order valence-electron chi connectivity index (χ4n) is 2.25. The molecular formula is C19H17N3O. The van der Waals surface area contributed by atoms with Crippen LogP contribution in [-0.4, -0.2) is 10.9 Å².